The first-order chi connectivity index (χ1) is 12.8. The lowest BCUT2D eigenvalue weighted by atomic mass is 10.1. The number of ether oxygens (including phenoxy) is 1. The molecule has 0 unspecified atom stereocenters. The minimum Gasteiger partial charge on any atom is -0.466 e. The summed E-state index contributed by atoms with van der Waals surface area (Å²) < 4.78 is 5.18. The lowest BCUT2D eigenvalue weighted by Crippen LogP contribution is -2.05. The number of rotatable bonds is 20. The third-order valence-electron chi connectivity index (χ3n) is 4.71. The molecule has 0 amide bonds. The highest BCUT2D eigenvalue weighted by atomic mass is 16.5. The maximum Gasteiger partial charge on any atom is 0.305 e. The number of aliphatic hydroxyl groups excluding tert-OH is 1. The highest BCUT2D eigenvalue weighted by molar-refractivity contribution is 5.69. The summed E-state index contributed by atoms with van der Waals surface area (Å²) in [7, 11) is 0. The molecule has 3 heteroatoms. The molecule has 0 heterocycles. The largest absolute Gasteiger partial charge is 0.466 e. The van der Waals surface area contributed by atoms with E-state index >= 15 is 0 Å². The molecule has 0 aliphatic rings. The third-order valence-corrected chi connectivity index (χ3v) is 4.71. The van der Waals surface area contributed by atoms with Crippen molar-refractivity contribution < 1.29 is 14.6 Å². The van der Waals surface area contributed by atoms with Crippen molar-refractivity contribution in [1.82, 2.24) is 0 Å². The summed E-state index contributed by atoms with van der Waals surface area (Å²) >= 11 is 0. The van der Waals surface area contributed by atoms with Crippen LogP contribution in [-0.4, -0.2) is 24.3 Å². The van der Waals surface area contributed by atoms with Gasteiger partial charge in [0, 0.05) is 13.0 Å². The first-order valence-corrected chi connectivity index (χ1v) is 11.2. The molecule has 0 radical (unpaired) electrons. The first-order valence-electron chi connectivity index (χ1n) is 11.2. The molecule has 0 saturated carbocycles. The zero-order valence-corrected chi connectivity index (χ0v) is 17.4. The summed E-state index contributed by atoms with van der Waals surface area (Å²) in [6.45, 7) is 2.99. The minimum atomic E-state index is -0.0633. The summed E-state index contributed by atoms with van der Waals surface area (Å²) in [5.74, 6) is -0.0633. The van der Waals surface area contributed by atoms with Crippen LogP contribution in [-0.2, 0) is 9.53 Å². The molecule has 0 aliphatic heterocycles. The van der Waals surface area contributed by atoms with E-state index in [1.54, 1.807) is 0 Å². The van der Waals surface area contributed by atoms with Gasteiger partial charge in [-0.05, 0) is 51.4 Å². The molecule has 0 atom stereocenters. The highest BCUT2D eigenvalue weighted by Crippen LogP contribution is 2.10. The van der Waals surface area contributed by atoms with Gasteiger partial charge in [0.2, 0.25) is 0 Å². The second kappa shape index (κ2) is 22.2. The van der Waals surface area contributed by atoms with Crippen LogP contribution >= 0.6 is 0 Å². The van der Waals surface area contributed by atoms with E-state index in [2.05, 4.69) is 19.1 Å². The summed E-state index contributed by atoms with van der Waals surface area (Å²) in [5, 5.41) is 8.67. The van der Waals surface area contributed by atoms with Gasteiger partial charge < -0.3 is 9.84 Å². The Morgan fingerprint density at radius 2 is 1.27 bits per heavy atom. The Hall–Kier alpha value is -0.830. The average Bonchev–Trinajstić information content (AvgIpc) is 2.64. The van der Waals surface area contributed by atoms with Crippen LogP contribution in [0.5, 0.6) is 0 Å². The van der Waals surface area contributed by atoms with Crippen LogP contribution in [0.2, 0.25) is 0 Å². The molecule has 0 rings (SSSR count). The second-order valence-electron chi connectivity index (χ2n) is 7.34. The molecule has 0 fully saturated rings. The maximum absolute atomic E-state index is 11.5. The topological polar surface area (TPSA) is 46.5 Å². The molecule has 3 nitrogen and oxygen atoms in total. The molecule has 0 saturated heterocycles. The quantitative estimate of drug-likeness (QED) is 0.147. The molecule has 0 bridgehead atoms. The van der Waals surface area contributed by atoms with Gasteiger partial charge in [0.15, 0.2) is 0 Å². The van der Waals surface area contributed by atoms with Crippen molar-refractivity contribution in [3.63, 3.8) is 0 Å². The zero-order chi connectivity index (χ0) is 19.1. The Bertz CT molecular complexity index is 313. The van der Waals surface area contributed by atoms with Crippen molar-refractivity contribution in [2.45, 2.75) is 116 Å². The smallest absolute Gasteiger partial charge is 0.305 e. The molecule has 0 spiro atoms. The fraction of sp³-hybridized carbons (Fsp3) is 0.870. The number of esters is 1. The highest BCUT2D eigenvalue weighted by Gasteiger charge is 2.02. The van der Waals surface area contributed by atoms with Gasteiger partial charge in [0.25, 0.3) is 0 Å². The van der Waals surface area contributed by atoms with Crippen molar-refractivity contribution in [3.05, 3.63) is 12.2 Å². The fourth-order valence-corrected chi connectivity index (χ4v) is 2.99. The number of hydrogen-bond donors (Lipinski definition) is 1. The van der Waals surface area contributed by atoms with Crippen LogP contribution < -0.4 is 0 Å². The number of carbonyl (C=O) groups excluding carboxylic acids is 1. The van der Waals surface area contributed by atoms with Crippen molar-refractivity contribution in [1.29, 1.82) is 0 Å². The molecule has 154 valence electrons. The van der Waals surface area contributed by atoms with Crippen molar-refractivity contribution in [2.75, 3.05) is 13.2 Å². The first kappa shape index (κ1) is 25.2. The zero-order valence-electron chi connectivity index (χ0n) is 17.4. The van der Waals surface area contributed by atoms with Crippen LogP contribution in [0.3, 0.4) is 0 Å². The van der Waals surface area contributed by atoms with E-state index in [1.165, 1.54) is 70.6 Å². The standard InChI is InChI=1S/C23H44O3/c1-2-3-4-5-6-7-8-9-10-11-12-13-14-15-17-20-23(25)26-22-19-16-18-21-24/h9-10,24H,2-8,11-22H2,1H3/b10-9-. The molecular formula is C23H44O3. The van der Waals surface area contributed by atoms with Gasteiger partial charge in [-0.2, -0.15) is 0 Å². The van der Waals surface area contributed by atoms with Gasteiger partial charge >= 0.3 is 5.97 Å². The molecule has 0 aliphatic carbocycles. The van der Waals surface area contributed by atoms with Crippen LogP contribution in [0.4, 0.5) is 0 Å². The minimum absolute atomic E-state index is 0.0633. The van der Waals surface area contributed by atoms with Crippen molar-refractivity contribution in [3.8, 4) is 0 Å². The van der Waals surface area contributed by atoms with Crippen molar-refractivity contribution >= 4 is 5.97 Å². The molecule has 0 aromatic heterocycles. The van der Waals surface area contributed by atoms with E-state index in [4.69, 9.17) is 9.84 Å². The van der Waals surface area contributed by atoms with Gasteiger partial charge in [0.1, 0.15) is 0 Å². The number of carbonyl (C=O) groups is 1. The van der Waals surface area contributed by atoms with Gasteiger partial charge in [0.05, 0.1) is 6.61 Å². The SMILES string of the molecule is CCCCCCCC/C=C\CCCCCCCC(=O)OCCCCCO. The lowest BCUT2D eigenvalue weighted by molar-refractivity contribution is -0.143. The predicted molar refractivity (Wildman–Crippen MR) is 111 cm³/mol. The van der Waals surface area contributed by atoms with Crippen LogP contribution in [0.15, 0.2) is 12.2 Å². The van der Waals surface area contributed by atoms with Crippen molar-refractivity contribution in [2.24, 2.45) is 0 Å². The summed E-state index contributed by atoms with van der Waals surface area (Å²) in [4.78, 5) is 11.5. The van der Waals surface area contributed by atoms with Crippen LogP contribution in [0.25, 0.3) is 0 Å². The molecular weight excluding hydrogens is 324 g/mol. The number of unbranched alkanes of at least 4 members (excludes halogenated alkanes) is 13. The van der Waals surface area contributed by atoms with E-state index in [0.29, 0.717) is 13.0 Å². The molecule has 0 aromatic rings. The Balaban J connectivity index is 3.18. The molecule has 1 N–H and O–H groups in total. The van der Waals surface area contributed by atoms with E-state index in [1.807, 2.05) is 0 Å². The van der Waals surface area contributed by atoms with Gasteiger partial charge in [-0.15, -0.1) is 0 Å². The van der Waals surface area contributed by atoms with Gasteiger partial charge in [-0.25, -0.2) is 0 Å². The van der Waals surface area contributed by atoms with Crippen LogP contribution in [0, 0.1) is 0 Å². The Labute approximate surface area is 162 Å². The molecule has 26 heavy (non-hydrogen) atoms. The summed E-state index contributed by atoms with van der Waals surface area (Å²) in [5.41, 5.74) is 0. The molecule has 0 aromatic carbocycles. The monoisotopic (exact) mass is 368 g/mol. The van der Waals surface area contributed by atoms with E-state index in [-0.39, 0.29) is 12.6 Å². The number of hydrogen-bond acceptors (Lipinski definition) is 3. The normalized spacial score (nSPS) is 11.3. The number of aliphatic hydroxyl groups is 1. The summed E-state index contributed by atoms with van der Waals surface area (Å²) in [6, 6.07) is 0. The maximum atomic E-state index is 11.5. The van der Waals surface area contributed by atoms with Gasteiger partial charge in [-0.1, -0.05) is 70.4 Å². The lowest BCUT2D eigenvalue weighted by Gasteiger charge is -2.04. The summed E-state index contributed by atoms with van der Waals surface area (Å²) in [6.07, 6.45) is 24.4. The third kappa shape index (κ3) is 21.2. The van der Waals surface area contributed by atoms with E-state index in [0.717, 1.165) is 32.1 Å². The Kier molecular flexibility index (Phi) is 21.5. The second-order valence-corrected chi connectivity index (χ2v) is 7.34. The predicted octanol–water partition coefficient (Wildman–Crippen LogP) is 6.73. The van der Waals surface area contributed by atoms with Crippen LogP contribution in [0.1, 0.15) is 116 Å². The van der Waals surface area contributed by atoms with E-state index < -0.39 is 0 Å². The number of allylic oxidation sites excluding steroid dienone is 2. The van der Waals surface area contributed by atoms with E-state index in [9.17, 15) is 4.79 Å². The fourth-order valence-electron chi connectivity index (χ4n) is 2.99. The van der Waals surface area contributed by atoms with Gasteiger partial charge in [-0.3, -0.25) is 4.79 Å². The average molecular weight is 369 g/mol. The Morgan fingerprint density at radius 1 is 0.731 bits per heavy atom. The Morgan fingerprint density at radius 3 is 1.88 bits per heavy atom.